The van der Waals surface area contributed by atoms with Gasteiger partial charge in [0.25, 0.3) is 5.91 Å². The molecule has 0 saturated carbocycles. The van der Waals surface area contributed by atoms with Crippen LogP contribution in [0.15, 0.2) is 56.7 Å². The highest BCUT2D eigenvalue weighted by Gasteiger charge is 2.46. The molecular formula is C51H77N17O13S2. The van der Waals surface area contributed by atoms with Gasteiger partial charge in [0.2, 0.25) is 47.3 Å². The quantitative estimate of drug-likeness (QED) is 0.0190. The number of anilines is 1. The fourth-order valence-corrected chi connectivity index (χ4v) is 11.4. The van der Waals surface area contributed by atoms with Crippen molar-refractivity contribution in [2.45, 2.75) is 130 Å². The largest absolute Gasteiger partial charge is 0.480 e. The summed E-state index contributed by atoms with van der Waals surface area (Å²) in [5.41, 5.74) is 33.7. The zero-order valence-electron chi connectivity index (χ0n) is 45.8. The number of carboxylic acid groups (broad SMARTS) is 1. The van der Waals surface area contributed by atoms with Crippen molar-refractivity contribution in [2.75, 3.05) is 63.1 Å². The Labute approximate surface area is 487 Å². The van der Waals surface area contributed by atoms with E-state index in [4.69, 9.17) is 34.4 Å². The van der Waals surface area contributed by atoms with E-state index in [1.165, 1.54) is 28.0 Å². The van der Waals surface area contributed by atoms with Crippen LogP contribution in [0.1, 0.15) is 69.1 Å². The van der Waals surface area contributed by atoms with Gasteiger partial charge in [0.05, 0.1) is 31.0 Å². The van der Waals surface area contributed by atoms with Crippen molar-refractivity contribution in [1.82, 2.24) is 41.7 Å². The number of benzene rings is 1. The average molecular weight is 1200 g/mol. The number of hydrogen-bond donors (Lipinski definition) is 15. The molecule has 1 aromatic heterocycles. The van der Waals surface area contributed by atoms with E-state index in [9.17, 15) is 63.3 Å². The molecule has 4 heterocycles. The number of thiophene rings is 1. The Bertz CT molecular complexity index is 2660. The van der Waals surface area contributed by atoms with Crippen LogP contribution in [0.5, 0.6) is 0 Å². The molecule has 0 unspecified atom stereocenters. The Hall–Kier alpha value is -7.65. The van der Waals surface area contributed by atoms with E-state index < -0.39 is 133 Å². The number of amides is 9. The first-order chi connectivity index (χ1) is 39.6. The third kappa shape index (κ3) is 20.0. The summed E-state index contributed by atoms with van der Waals surface area (Å²) in [6, 6.07) is -0.170. The maximum Gasteiger partial charge on any atom is 0.326 e. The zero-order chi connectivity index (χ0) is 60.8. The van der Waals surface area contributed by atoms with Gasteiger partial charge in [-0.2, -0.15) is 0 Å². The van der Waals surface area contributed by atoms with Gasteiger partial charge >= 0.3 is 5.97 Å². The Morgan fingerprint density at radius 1 is 0.759 bits per heavy atom. The minimum Gasteiger partial charge on any atom is -0.480 e. The second-order valence-corrected chi connectivity index (χ2v) is 22.1. The molecule has 30 nitrogen and oxygen atoms in total. The number of carboxylic acids is 1. The summed E-state index contributed by atoms with van der Waals surface area (Å²) in [5.74, 6) is -8.71. The molecule has 9 amide bonds. The molecule has 0 radical (unpaired) electrons. The molecule has 0 spiro atoms. The van der Waals surface area contributed by atoms with E-state index in [0.717, 1.165) is 9.80 Å². The van der Waals surface area contributed by atoms with Crippen molar-refractivity contribution in [1.29, 1.82) is 0 Å². The first kappa shape index (κ1) is 66.2. The number of unbranched alkanes of at least 4 members (excludes halogenated alkanes) is 1. The molecule has 9 atom stereocenters. The number of para-hydroxylation sites is 1. The van der Waals surface area contributed by atoms with Crippen molar-refractivity contribution in [2.24, 2.45) is 44.4 Å². The number of aliphatic hydroxyl groups is 2. The van der Waals surface area contributed by atoms with Gasteiger partial charge in [0, 0.05) is 54.5 Å². The number of carbonyl (C=O) groups is 10. The predicted octanol–water partition coefficient (Wildman–Crippen LogP) is -5.44. The molecule has 21 N–H and O–H groups in total. The number of aliphatic imine (C=N–C) groups is 2. The summed E-state index contributed by atoms with van der Waals surface area (Å²) >= 11 is 2.43. The van der Waals surface area contributed by atoms with Crippen LogP contribution in [-0.4, -0.2) is 209 Å². The second-order valence-electron chi connectivity index (χ2n) is 20.0. The molecular weight excluding hydrogens is 1120 g/mol. The van der Waals surface area contributed by atoms with Crippen LogP contribution in [0.3, 0.4) is 0 Å². The predicted molar refractivity (Wildman–Crippen MR) is 306 cm³/mol. The normalized spacial score (nSPS) is 19.3. The number of aliphatic hydroxyl groups excluding tert-OH is 2. The van der Waals surface area contributed by atoms with Gasteiger partial charge < -0.3 is 96.3 Å². The van der Waals surface area contributed by atoms with E-state index in [0.29, 0.717) is 47.7 Å². The maximum absolute atomic E-state index is 14.3. The van der Waals surface area contributed by atoms with Crippen LogP contribution < -0.4 is 71.2 Å². The number of nitrogens with two attached hydrogens (primary N) is 6. The van der Waals surface area contributed by atoms with Crippen LogP contribution in [0.2, 0.25) is 0 Å². The molecule has 83 heavy (non-hydrogen) atoms. The number of fused-ring (bicyclic) bond motifs is 1. The summed E-state index contributed by atoms with van der Waals surface area (Å²) in [6.07, 6.45) is 1.29. The van der Waals surface area contributed by atoms with E-state index in [1.54, 1.807) is 41.8 Å². The fraction of sp³-hybridized carbons (Fsp3) is 0.569. The second kappa shape index (κ2) is 32.9. The summed E-state index contributed by atoms with van der Waals surface area (Å²) in [7, 11) is 0. The van der Waals surface area contributed by atoms with Crippen molar-refractivity contribution in [3.8, 4) is 0 Å². The summed E-state index contributed by atoms with van der Waals surface area (Å²) in [4.78, 5) is 149. The number of β-amino-alcohol motifs (C(OH)–C–C–N with tert-alkyl or cyclic N) is 1. The van der Waals surface area contributed by atoms with Crippen molar-refractivity contribution in [3.63, 3.8) is 0 Å². The Morgan fingerprint density at radius 2 is 1.43 bits per heavy atom. The minimum atomic E-state index is -1.68. The molecule has 2 aromatic rings. The smallest absolute Gasteiger partial charge is 0.326 e. The van der Waals surface area contributed by atoms with Crippen LogP contribution in [-0.2, 0) is 54.4 Å². The highest BCUT2D eigenvalue weighted by atomic mass is 32.2. The van der Waals surface area contributed by atoms with E-state index in [1.807, 2.05) is 0 Å². The van der Waals surface area contributed by atoms with Crippen molar-refractivity contribution < 1.29 is 63.3 Å². The lowest BCUT2D eigenvalue weighted by Crippen LogP contribution is -2.59. The van der Waals surface area contributed by atoms with Gasteiger partial charge in [-0.25, -0.2) is 4.79 Å². The van der Waals surface area contributed by atoms with Crippen molar-refractivity contribution in [3.05, 3.63) is 46.7 Å². The number of rotatable bonds is 31. The van der Waals surface area contributed by atoms with Gasteiger partial charge in [-0.3, -0.25) is 53.1 Å². The van der Waals surface area contributed by atoms with Gasteiger partial charge in [0.15, 0.2) is 11.9 Å². The van der Waals surface area contributed by atoms with Gasteiger partial charge in [-0.1, -0.05) is 24.6 Å². The van der Waals surface area contributed by atoms with Crippen LogP contribution in [0, 0.1) is 0 Å². The molecule has 5 rings (SSSR count). The Balaban J connectivity index is 1.22. The van der Waals surface area contributed by atoms with Crippen LogP contribution >= 0.6 is 23.1 Å². The molecule has 1 aromatic carbocycles. The lowest BCUT2D eigenvalue weighted by molar-refractivity contribution is -0.148. The number of carbonyl (C=O) groups excluding carboxylic acids is 9. The minimum absolute atomic E-state index is 0.0344. The standard InChI is InChI=1S/C51H77N17O13S2/c52-16-4-3-10-30(53)42(73)63-31(11-5-17-58-50(54)55)46(77)66-19-7-14-37(66)48(79)67-24-28(70)21-38(67)45(76)60-23-40(71)62-33(22-29-9-8-20-82-29)43(74)64-34(26-69)44(75)65-35-27-83-39-15-2-1-13-36(39)68(47(35)78)25-41(72)61-32(49(80)81)12-6-18-59-51(56)57/h1-2,8-9,13,15,20,28,30-35,37-38,69-70H,3-7,10-12,14,16-19,21-27,52-53H2,(H,60,76)(H,61,72)(H,62,71)(H,63,73)(H,64,74)(H,65,75)(H,80,81)(H4,54,55,58)(H4,56,57,59)/t28-,30+,31+,32+,33+,34+,35-,37+,38+/m1/s1. The number of guanidine groups is 2. The number of likely N-dealkylation sites (tertiary alicyclic amines) is 2. The number of nitrogens with one attached hydrogen (secondary N) is 6. The Morgan fingerprint density at radius 3 is 2.08 bits per heavy atom. The topological polar surface area (TPSA) is 494 Å². The molecule has 3 aliphatic rings. The molecule has 32 heteroatoms. The molecule has 0 bridgehead atoms. The molecule has 2 saturated heterocycles. The fourth-order valence-electron chi connectivity index (χ4n) is 9.54. The first-order valence-electron chi connectivity index (χ1n) is 27.1. The number of thioether (sulfide) groups is 1. The Kier molecular flexibility index (Phi) is 26.2. The lowest BCUT2D eigenvalue weighted by Gasteiger charge is -2.33. The molecule has 0 aliphatic carbocycles. The number of hydrogen-bond acceptors (Lipinski definition) is 18. The summed E-state index contributed by atoms with van der Waals surface area (Å²) in [5, 5.41) is 47.9. The average Bonchev–Trinajstić information content (AvgIpc) is 4.47. The van der Waals surface area contributed by atoms with Crippen LogP contribution in [0.25, 0.3) is 0 Å². The van der Waals surface area contributed by atoms with Crippen LogP contribution in [0.4, 0.5) is 5.69 Å². The van der Waals surface area contributed by atoms with E-state index in [-0.39, 0.29) is 88.8 Å². The van der Waals surface area contributed by atoms with Gasteiger partial charge in [0.1, 0.15) is 48.8 Å². The molecule has 456 valence electrons. The number of aliphatic carboxylic acids is 1. The first-order valence-corrected chi connectivity index (χ1v) is 29.0. The highest BCUT2D eigenvalue weighted by Crippen LogP contribution is 2.34. The monoisotopic (exact) mass is 1200 g/mol. The third-order valence-electron chi connectivity index (χ3n) is 13.7. The lowest BCUT2D eigenvalue weighted by atomic mass is 10.1. The molecule has 3 aliphatic heterocycles. The van der Waals surface area contributed by atoms with Crippen molar-refractivity contribution >= 4 is 99.8 Å². The third-order valence-corrected chi connectivity index (χ3v) is 15.8. The highest BCUT2D eigenvalue weighted by molar-refractivity contribution is 7.99. The van der Waals surface area contributed by atoms with Gasteiger partial charge in [-0.05, 0) is 81.5 Å². The van der Waals surface area contributed by atoms with Gasteiger partial charge in [-0.15, -0.1) is 23.1 Å². The summed E-state index contributed by atoms with van der Waals surface area (Å²) in [6.45, 7) is -1.77. The number of nitrogens with zero attached hydrogens (tertiary/aromatic N) is 5. The van der Waals surface area contributed by atoms with E-state index >= 15 is 0 Å². The van der Waals surface area contributed by atoms with E-state index in [2.05, 4.69) is 41.9 Å². The maximum atomic E-state index is 14.3. The zero-order valence-corrected chi connectivity index (χ0v) is 47.5. The SMILES string of the molecule is NCCCC[C@H](N)C(=O)N[C@@H](CCCN=C(N)N)C(=O)N1CCC[C@H]1C(=O)N1C[C@H](O)C[C@H]1C(=O)NCC(=O)N[C@@H](Cc1cccs1)C(=O)N[C@@H](CO)C(=O)N[C@@H]1CSc2ccccc2N(CC(=O)N[C@@H](CCCN=C(N)N)C(=O)O)C1=O. The summed E-state index contributed by atoms with van der Waals surface area (Å²) < 4.78 is 0. The molecule has 2 fully saturated rings.